The Bertz CT molecular complexity index is 615. The van der Waals surface area contributed by atoms with E-state index in [0.29, 0.717) is 22.3 Å². The first kappa shape index (κ1) is 15.3. The second kappa shape index (κ2) is 6.29. The Labute approximate surface area is 135 Å². The zero-order chi connectivity index (χ0) is 15.7. The normalized spacial score (nSPS) is 27.0. The molecule has 3 rings (SSSR count). The van der Waals surface area contributed by atoms with Gasteiger partial charge in [-0.05, 0) is 56.2 Å². The summed E-state index contributed by atoms with van der Waals surface area (Å²) in [6.45, 7) is 2.01. The van der Waals surface area contributed by atoms with Gasteiger partial charge in [-0.1, -0.05) is 18.0 Å². The zero-order valence-electron chi connectivity index (χ0n) is 12.9. The van der Waals surface area contributed by atoms with Gasteiger partial charge in [0.25, 0.3) is 5.91 Å². The first-order valence-electron chi connectivity index (χ1n) is 7.76. The second-order valence-corrected chi connectivity index (χ2v) is 6.76. The number of hydrogen-bond acceptors (Lipinski definition) is 3. The van der Waals surface area contributed by atoms with Gasteiger partial charge in [0.2, 0.25) is 0 Å². The summed E-state index contributed by atoms with van der Waals surface area (Å²) >= 11 is 5.96. The lowest BCUT2D eigenvalue weighted by Crippen LogP contribution is -2.24. The van der Waals surface area contributed by atoms with E-state index in [1.807, 2.05) is 6.92 Å². The first-order valence-corrected chi connectivity index (χ1v) is 8.14. The molecule has 3 atom stereocenters. The highest BCUT2D eigenvalue weighted by atomic mass is 35.5. The smallest absolute Gasteiger partial charge is 0.275 e. The van der Waals surface area contributed by atoms with E-state index in [4.69, 9.17) is 16.3 Å². The summed E-state index contributed by atoms with van der Waals surface area (Å²) < 4.78 is 5.20. The predicted molar refractivity (Wildman–Crippen MR) is 87.5 cm³/mol. The van der Waals surface area contributed by atoms with Crippen LogP contribution < -0.4 is 10.2 Å². The van der Waals surface area contributed by atoms with Crippen LogP contribution in [0.5, 0.6) is 5.75 Å². The number of ether oxygens (including phenoxy) is 1. The number of benzene rings is 1. The van der Waals surface area contributed by atoms with E-state index in [1.54, 1.807) is 18.2 Å². The molecule has 0 spiro atoms. The number of fused-ring (bicyclic) bond motifs is 2. The predicted octanol–water partition coefficient (Wildman–Crippen LogP) is 3.89. The first-order chi connectivity index (χ1) is 10.6. The molecule has 1 amide bonds. The number of rotatable bonds is 4. The molecule has 3 unspecified atom stereocenters. The molecule has 2 bridgehead atoms. The van der Waals surface area contributed by atoms with Crippen LogP contribution in [0.4, 0.5) is 0 Å². The molecule has 0 saturated heterocycles. The lowest BCUT2D eigenvalue weighted by Gasteiger charge is -2.21. The topological polar surface area (TPSA) is 50.7 Å². The SMILES string of the molecule is COc1ccc(Cl)cc1C(=O)NN=C(C)C1CC2CCC1C2. The Kier molecular flexibility index (Phi) is 4.39. The van der Waals surface area contributed by atoms with Gasteiger partial charge in [0.15, 0.2) is 0 Å². The Morgan fingerprint density at radius 3 is 2.82 bits per heavy atom. The summed E-state index contributed by atoms with van der Waals surface area (Å²) in [5.74, 6) is 2.35. The highest BCUT2D eigenvalue weighted by molar-refractivity contribution is 6.31. The Hall–Kier alpha value is -1.55. The number of carbonyl (C=O) groups excluding carboxylic acids is 1. The molecule has 2 saturated carbocycles. The Balaban J connectivity index is 1.69. The number of halogens is 1. The van der Waals surface area contributed by atoms with Crippen LogP contribution in [-0.4, -0.2) is 18.7 Å². The maximum absolute atomic E-state index is 12.3. The molecule has 2 aliphatic rings. The largest absolute Gasteiger partial charge is 0.496 e. The maximum Gasteiger partial charge on any atom is 0.275 e. The zero-order valence-corrected chi connectivity index (χ0v) is 13.7. The van der Waals surface area contributed by atoms with Crippen molar-refractivity contribution in [1.82, 2.24) is 5.43 Å². The quantitative estimate of drug-likeness (QED) is 0.676. The third-order valence-corrected chi connectivity index (χ3v) is 5.25. The van der Waals surface area contributed by atoms with Crippen LogP contribution in [0.2, 0.25) is 5.02 Å². The molecule has 1 aromatic carbocycles. The molecule has 4 nitrogen and oxygen atoms in total. The summed E-state index contributed by atoms with van der Waals surface area (Å²) in [6, 6.07) is 4.98. The minimum atomic E-state index is -0.290. The van der Waals surface area contributed by atoms with Crippen molar-refractivity contribution in [2.24, 2.45) is 22.9 Å². The van der Waals surface area contributed by atoms with Crippen molar-refractivity contribution in [3.8, 4) is 5.75 Å². The lowest BCUT2D eigenvalue weighted by molar-refractivity contribution is 0.0951. The lowest BCUT2D eigenvalue weighted by atomic mass is 9.86. The number of hydrazone groups is 1. The van der Waals surface area contributed by atoms with Gasteiger partial charge in [0.05, 0.1) is 12.7 Å². The van der Waals surface area contributed by atoms with Crippen molar-refractivity contribution in [3.05, 3.63) is 28.8 Å². The molecular weight excluding hydrogens is 300 g/mol. The summed E-state index contributed by atoms with van der Waals surface area (Å²) in [7, 11) is 1.53. The number of nitrogens with one attached hydrogen (secondary N) is 1. The minimum Gasteiger partial charge on any atom is -0.496 e. The van der Waals surface area contributed by atoms with Crippen LogP contribution in [0, 0.1) is 17.8 Å². The van der Waals surface area contributed by atoms with Crippen LogP contribution in [0.3, 0.4) is 0 Å². The van der Waals surface area contributed by atoms with Crippen LogP contribution in [0.1, 0.15) is 43.0 Å². The van der Waals surface area contributed by atoms with Crippen molar-refractivity contribution in [2.75, 3.05) is 7.11 Å². The van der Waals surface area contributed by atoms with Gasteiger partial charge in [-0.25, -0.2) is 5.43 Å². The van der Waals surface area contributed by atoms with Crippen molar-refractivity contribution < 1.29 is 9.53 Å². The van der Waals surface area contributed by atoms with Gasteiger partial charge in [0.1, 0.15) is 5.75 Å². The molecule has 1 N–H and O–H groups in total. The number of carbonyl (C=O) groups is 1. The van der Waals surface area contributed by atoms with Crippen molar-refractivity contribution in [2.45, 2.75) is 32.6 Å². The fourth-order valence-electron chi connectivity index (χ4n) is 3.90. The molecule has 118 valence electrons. The van der Waals surface area contributed by atoms with E-state index in [2.05, 4.69) is 10.5 Å². The molecule has 0 aliphatic heterocycles. The molecule has 22 heavy (non-hydrogen) atoms. The van der Waals surface area contributed by atoms with Crippen molar-refractivity contribution >= 4 is 23.2 Å². The van der Waals surface area contributed by atoms with Gasteiger partial charge in [-0.3, -0.25) is 4.79 Å². The van der Waals surface area contributed by atoms with Gasteiger partial charge in [-0.15, -0.1) is 0 Å². The maximum atomic E-state index is 12.3. The summed E-state index contributed by atoms with van der Waals surface area (Å²) in [6.07, 6.45) is 5.21. The number of methoxy groups -OCH3 is 1. The highest BCUT2D eigenvalue weighted by Crippen LogP contribution is 2.48. The summed E-state index contributed by atoms with van der Waals surface area (Å²) in [5.41, 5.74) is 4.08. The molecule has 5 heteroatoms. The van der Waals surface area contributed by atoms with Crippen molar-refractivity contribution in [1.29, 1.82) is 0 Å². The van der Waals surface area contributed by atoms with E-state index in [-0.39, 0.29) is 5.91 Å². The van der Waals surface area contributed by atoms with Crippen molar-refractivity contribution in [3.63, 3.8) is 0 Å². The summed E-state index contributed by atoms with van der Waals surface area (Å²) in [5, 5.41) is 4.82. The molecular formula is C17H21ClN2O2. The van der Waals surface area contributed by atoms with E-state index in [0.717, 1.165) is 17.5 Å². The van der Waals surface area contributed by atoms with Crippen LogP contribution in [0.25, 0.3) is 0 Å². The molecule has 0 radical (unpaired) electrons. The minimum absolute atomic E-state index is 0.290. The number of amides is 1. The Morgan fingerprint density at radius 1 is 1.36 bits per heavy atom. The van der Waals surface area contributed by atoms with Gasteiger partial charge < -0.3 is 4.74 Å². The van der Waals surface area contributed by atoms with E-state index >= 15 is 0 Å². The monoisotopic (exact) mass is 320 g/mol. The third-order valence-electron chi connectivity index (χ3n) is 5.01. The standard InChI is InChI=1S/C17H21ClN2O2/c1-10(14-8-11-3-4-12(14)7-11)19-20-17(21)15-9-13(18)5-6-16(15)22-2/h5-6,9,11-12,14H,3-4,7-8H2,1-2H3,(H,20,21). The molecule has 0 aromatic heterocycles. The fourth-order valence-corrected chi connectivity index (χ4v) is 4.07. The van der Waals surface area contributed by atoms with Gasteiger partial charge in [-0.2, -0.15) is 5.10 Å². The van der Waals surface area contributed by atoms with E-state index < -0.39 is 0 Å². The molecule has 2 aliphatic carbocycles. The van der Waals surface area contributed by atoms with Crippen LogP contribution in [-0.2, 0) is 0 Å². The third kappa shape index (κ3) is 2.98. The fraction of sp³-hybridized carbons (Fsp3) is 0.529. The second-order valence-electron chi connectivity index (χ2n) is 6.32. The van der Waals surface area contributed by atoms with E-state index in [9.17, 15) is 4.79 Å². The van der Waals surface area contributed by atoms with Crippen LogP contribution in [0.15, 0.2) is 23.3 Å². The van der Waals surface area contributed by atoms with Gasteiger partial charge in [0, 0.05) is 16.7 Å². The average molecular weight is 321 g/mol. The van der Waals surface area contributed by atoms with Gasteiger partial charge >= 0.3 is 0 Å². The number of hydrogen-bond donors (Lipinski definition) is 1. The summed E-state index contributed by atoms with van der Waals surface area (Å²) in [4.78, 5) is 12.3. The molecule has 2 fully saturated rings. The average Bonchev–Trinajstić information content (AvgIpc) is 3.15. The van der Waals surface area contributed by atoms with Crippen LogP contribution >= 0.6 is 11.6 Å². The molecule has 0 heterocycles. The number of nitrogens with zero attached hydrogens (tertiary/aromatic N) is 1. The Morgan fingerprint density at radius 2 is 2.18 bits per heavy atom. The molecule has 1 aromatic rings. The van der Waals surface area contributed by atoms with E-state index in [1.165, 1.54) is 32.8 Å². The highest BCUT2D eigenvalue weighted by Gasteiger charge is 2.40.